The van der Waals surface area contributed by atoms with Crippen molar-refractivity contribution in [3.05, 3.63) is 71.1 Å². The molecular weight excluding hydrogens is 391 g/mol. The van der Waals surface area contributed by atoms with Crippen LogP contribution >= 0.6 is 11.6 Å². The van der Waals surface area contributed by atoms with Gasteiger partial charge >= 0.3 is 0 Å². The van der Waals surface area contributed by atoms with Crippen LogP contribution in [0.5, 0.6) is 5.75 Å². The van der Waals surface area contributed by atoms with Crippen LogP contribution < -0.4 is 10.1 Å². The zero-order chi connectivity index (χ0) is 20.0. The van der Waals surface area contributed by atoms with E-state index in [-0.39, 0.29) is 17.8 Å². The SMILES string of the molecule is O=C(NC[C@@H]1[C@H]2C[C@H](Oc3ccnc4ccc(F)cc34)C[C@@H]12)c1ccc(Cl)cc1. The monoisotopic (exact) mass is 410 g/mol. The largest absolute Gasteiger partial charge is 0.490 e. The molecule has 0 saturated heterocycles. The highest BCUT2D eigenvalue weighted by molar-refractivity contribution is 6.30. The number of nitrogens with zero attached hydrogens (tertiary/aromatic N) is 1. The summed E-state index contributed by atoms with van der Waals surface area (Å²) in [5.74, 6) is 2.00. The number of amides is 1. The lowest BCUT2D eigenvalue weighted by Gasteiger charge is -2.18. The Kier molecular flexibility index (Phi) is 4.63. The van der Waals surface area contributed by atoms with E-state index in [0.717, 1.165) is 18.4 Å². The molecule has 0 spiro atoms. The minimum Gasteiger partial charge on any atom is -0.490 e. The molecule has 1 aromatic heterocycles. The molecule has 1 N–H and O–H groups in total. The Morgan fingerprint density at radius 3 is 2.66 bits per heavy atom. The number of benzene rings is 2. The molecule has 5 rings (SSSR count). The maximum Gasteiger partial charge on any atom is 0.251 e. The summed E-state index contributed by atoms with van der Waals surface area (Å²) in [5.41, 5.74) is 1.35. The average Bonchev–Trinajstić information content (AvgIpc) is 3.17. The van der Waals surface area contributed by atoms with Gasteiger partial charge in [-0.15, -0.1) is 0 Å². The number of fused-ring (bicyclic) bond motifs is 2. The molecule has 148 valence electrons. The zero-order valence-corrected chi connectivity index (χ0v) is 16.4. The standard InChI is InChI=1S/C23H20ClFN2O2/c24-14-3-1-13(2-4-14)23(28)27-12-20-17-10-16(11-18(17)20)29-22-7-8-26-21-6-5-15(25)9-19(21)22/h1-9,16-18,20H,10-12H2,(H,27,28)/t16-,17-,18+,20+. The first kappa shape index (κ1) is 18.4. The number of ether oxygens (including phenoxy) is 1. The smallest absolute Gasteiger partial charge is 0.251 e. The Bertz CT molecular complexity index is 1060. The first-order valence-electron chi connectivity index (χ1n) is 9.83. The molecule has 4 nitrogen and oxygen atoms in total. The molecule has 1 heterocycles. The van der Waals surface area contributed by atoms with E-state index in [4.69, 9.17) is 16.3 Å². The summed E-state index contributed by atoms with van der Waals surface area (Å²) in [6.07, 6.45) is 3.75. The van der Waals surface area contributed by atoms with Crippen LogP contribution in [0.25, 0.3) is 10.9 Å². The van der Waals surface area contributed by atoms with Gasteiger partial charge in [0.1, 0.15) is 11.6 Å². The van der Waals surface area contributed by atoms with E-state index >= 15 is 0 Å². The second-order valence-electron chi connectivity index (χ2n) is 7.89. The van der Waals surface area contributed by atoms with Crippen molar-refractivity contribution < 1.29 is 13.9 Å². The number of hydrogen-bond donors (Lipinski definition) is 1. The van der Waals surface area contributed by atoms with Crippen molar-refractivity contribution >= 4 is 28.4 Å². The van der Waals surface area contributed by atoms with Gasteiger partial charge in [-0.3, -0.25) is 9.78 Å². The lowest BCUT2D eigenvalue weighted by Crippen LogP contribution is -2.27. The van der Waals surface area contributed by atoms with E-state index in [9.17, 15) is 9.18 Å². The fourth-order valence-electron chi connectivity index (χ4n) is 4.62. The number of halogens is 2. The molecule has 29 heavy (non-hydrogen) atoms. The minimum absolute atomic E-state index is 0.0651. The predicted molar refractivity (Wildman–Crippen MR) is 110 cm³/mol. The van der Waals surface area contributed by atoms with Crippen molar-refractivity contribution in [3.8, 4) is 5.75 Å². The number of carbonyl (C=O) groups excluding carboxylic acids is 1. The third kappa shape index (κ3) is 3.67. The van der Waals surface area contributed by atoms with Crippen LogP contribution in [0, 0.1) is 23.6 Å². The quantitative estimate of drug-likeness (QED) is 0.653. The number of nitrogens with one attached hydrogen (secondary N) is 1. The minimum atomic E-state index is -0.291. The Hall–Kier alpha value is -2.66. The number of aromatic nitrogens is 1. The molecule has 2 aliphatic rings. The highest BCUT2D eigenvalue weighted by Crippen LogP contribution is 2.57. The van der Waals surface area contributed by atoms with Gasteiger partial charge in [0.15, 0.2) is 0 Å². The Balaban J connectivity index is 1.15. The van der Waals surface area contributed by atoms with Gasteiger partial charge in [0.2, 0.25) is 0 Å². The van der Waals surface area contributed by atoms with E-state index in [1.807, 2.05) is 0 Å². The summed E-state index contributed by atoms with van der Waals surface area (Å²) < 4.78 is 19.8. The van der Waals surface area contributed by atoms with Crippen molar-refractivity contribution in [2.75, 3.05) is 6.54 Å². The molecule has 6 heteroatoms. The molecule has 0 radical (unpaired) electrons. The van der Waals surface area contributed by atoms with E-state index in [1.165, 1.54) is 12.1 Å². The summed E-state index contributed by atoms with van der Waals surface area (Å²) in [6, 6.07) is 13.3. The van der Waals surface area contributed by atoms with Crippen LogP contribution in [0.4, 0.5) is 4.39 Å². The second kappa shape index (κ2) is 7.30. The van der Waals surface area contributed by atoms with E-state index in [2.05, 4.69) is 10.3 Å². The molecule has 4 atom stereocenters. The van der Waals surface area contributed by atoms with Gasteiger partial charge in [0.05, 0.1) is 11.6 Å². The third-order valence-electron chi connectivity index (χ3n) is 6.14. The fourth-order valence-corrected chi connectivity index (χ4v) is 4.74. The Morgan fingerprint density at radius 2 is 1.90 bits per heavy atom. The Morgan fingerprint density at radius 1 is 1.14 bits per heavy atom. The van der Waals surface area contributed by atoms with Crippen molar-refractivity contribution in [2.45, 2.75) is 18.9 Å². The maximum absolute atomic E-state index is 13.6. The van der Waals surface area contributed by atoms with E-state index < -0.39 is 0 Å². The summed E-state index contributed by atoms with van der Waals surface area (Å²) in [5, 5.41) is 4.36. The van der Waals surface area contributed by atoms with Crippen LogP contribution in [0.1, 0.15) is 23.2 Å². The number of pyridine rings is 1. The van der Waals surface area contributed by atoms with Crippen LogP contribution in [0.15, 0.2) is 54.7 Å². The topological polar surface area (TPSA) is 51.2 Å². The lowest BCUT2D eigenvalue weighted by atomic mass is 10.1. The maximum atomic E-state index is 13.6. The highest BCUT2D eigenvalue weighted by atomic mass is 35.5. The lowest BCUT2D eigenvalue weighted by molar-refractivity contribution is 0.0949. The molecule has 2 fully saturated rings. The molecule has 0 unspecified atom stereocenters. The van der Waals surface area contributed by atoms with Crippen molar-refractivity contribution in [2.24, 2.45) is 17.8 Å². The third-order valence-corrected chi connectivity index (χ3v) is 6.39. The highest BCUT2D eigenvalue weighted by Gasteiger charge is 2.56. The fraction of sp³-hybridized carbons (Fsp3) is 0.304. The van der Waals surface area contributed by atoms with Gasteiger partial charge in [0, 0.05) is 28.7 Å². The Labute approximate surface area is 173 Å². The van der Waals surface area contributed by atoms with Gasteiger partial charge in [-0.25, -0.2) is 4.39 Å². The van der Waals surface area contributed by atoms with Gasteiger partial charge in [-0.05, 0) is 79.1 Å². The second-order valence-corrected chi connectivity index (χ2v) is 8.33. The molecule has 2 aromatic carbocycles. The van der Waals surface area contributed by atoms with Gasteiger partial charge in [-0.2, -0.15) is 0 Å². The van der Waals surface area contributed by atoms with Gasteiger partial charge in [0.25, 0.3) is 5.91 Å². The molecule has 0 bridgehead atoms. The molecule has 3 aromatic rings. The number of hydrogen-bond acceptors (Lipinski definition) is 3. The van der Waals surface area contributed by atoms with E-state index in [0.29, 0.717) is 46.0 Å². The van der Waals surface area contributed by atoms with Gasteiger partial charge < -0.3 is 10.1 Å². The van der Waals surface area contributed by atoms with Crippen molar-refractivity contribution in [1.29, 1.82) is 0 Å². The first-order valence-corrected chi connectivity index (χ1v) is 10.2. The summed E-state index contributed by atoms with van der Waals surface area (Å²) in [4.78, 5) is 16.5. The summed E-state index contributed by atoms with van der Waals surface area (Å²) in [7, 11) is 0. The average molecular weight is 411 g/mol. The van der Waals surface area contributed by atoms with Crippen molar-refractivity contribution in [3.63, 3.8) is 0 Å². The van der Waals surface area contributed by atoms with Crippen LogP contribution in [-0.2, 0) is 0 Å². The molecular formula is C23H20ClFN2O2. The molecule has 1 amide bonds. The zero-order valence-electron chi connectivity index (χ0n) is 15.6. The summed E-state index contributed by atoms with van der Waals surface area (Å²) >= 11 is 5.86. The van der Waals surface area contributed by atoms with Crippen LogP contribution in [-0.4, -0.2) is 23.5 Å². The van der Waals surface area contributed by atoms with Crippen LogP contribution in [0.3, 0.4) is 0 Å². The van der Waals surface area contributed by atoms with Gasteiger partial charge in [-0.1, -0.05) is 11.6 Å². The predicted octanol–water partition coefficient (Wildman–Crippen LogP) is 4.86. The molecule has 2 aliphatic carbocycles. The van der Waals surface area contributed by atoms with Crippen LogP contribution in [0.2, 0.25) is 5.02 Å². The summed E-state index contributed by atoms with van der Waals surface area (Å²) in [6.45, 7) is 0.687. The molecule has 0 aliphatic heterocycles. The number of rotatable bonds is 5. The molecule has 2 saturated carbocycles. The van der Waals surface area contributed by atoms with E-state index in [1.54, 1.807) is 42.6 Å². The normalized spacial score (nSPS) is 24.9. The first-order chi connectivity index (χ1) is 14.1. The number of carbonyl (C=O) groups is 1. The van der Waals surface area contributed by atoms with Crippen molar-refractivity contribution in [1.82, 2.24) is 10.3 Å².